The molecule has 1 rings (SSSR count). The minimum Gasteiger partial charge on any atom is -0.271 e. The first kappa shape index (κ1) is 12.5. The molecule has 1 aromatic rings. The molecule has 0 unspecified atom stereocenters. The van der Waals surface area contributed by atoms with Crippen LogP contribution < -0.4 is 4.72 Å². The van der Waals surface area contributed by atoms with Gasteiger partial charge in [-0.25, -0.2) is 13.1 Å². The van der Waals surface area contributed by atoms with Gasteiger partial charge in [0.15, 0.2) is 0 Å². The number of sulfonamides is 1. The molecule has 0 aliphatic rings. The van der Waals surface area contributed by atoms with Gasteiger partial charge in [-0.05, 0) is 13.3 Å². The average molecular weight is 252 g/mol. The molecule has 0 aliphatic heterocycles. The van der Waals surface area contributed by atoms with E-state index in [9.17, 15) is 8.42 Å². The summed E-state index contributed by atoms with van der Waals surface area (Å²) < 4.78 is 25.6. The standard InChI is InChI=1S/C8H14ClN3O2S/c1-7-8(9)6-12(11-7)5-3-4-10-15(2,13)14/h6,10H,3-5H2,1-2H3. The molecule has 0 saturated carbocycles. The van der Waals surface area contributed by atoms with Gasteiger partial charge in [-0.1, -0.05) is 11.6 Å². The highest BCUT2D eigenvalue weighted by molar-refractivity contribution is 7.88. The highest BCUT2D eigenvalue weighted by Gasteiger charge is 2.02. The third kappa shape index (κ3) is 4.63. The van der Waals surface area contributed by atoms with Gasteiger partial charge in [-0.3, -0.25) is 4.68 Å². The first-order valence-corrected chi connectivity index (χ1v) is 6.79. The summed E-state index contributed by atoms with van der Waals surface area (Å²) in [6.07, 6.45) is 3.56. The zero-order valence-corrected chi connectivity index (χ0v) is 10.3. The molecule has 0 aliphatic carbocycles. The molecular formula is C8H14ClN3O2S. The van der Waals surface area contributed by atoms with Crippen LogP contribution in [0.4, 0.5) is 0 Å². The quantitative estimate of drug-likeness (QED) is 0.787. The van der Waals surface area contributed by atoms with E-state index in [-0.39, 0.29) is 0 Å². The molecule has 0 amide bonds. The number of rotatable bonds is 5. The van der Waals surface area contributed by atoms with E-state index in [1.165, 1.54) is 0 Å². The zero-order chi connectivity index (χ0) is 11.5. The molecule has 7 heteroatoms. The number of nitrogens with one attached hydrogen (secondary N) is 1. The number of aryl methyl sites for hydroxylation is 2. The van der Waals surface area contributed by atoms with Crippen LogP contribution >= 0.6 is 11.6 Å². The van der Waals surface area contributed by atoms with Crippen molar-refractivity contribution in [3.63, 3.8) is 0 Å². The van der Waals surface area contributed by atoms with Gasteiger partial charge in [0, 0.05) is 19.3 Å². The van der Waals surface area contributed by atoms with Gasteiger partial charge in [0.25, 0.3) is 0 Å². The minimum atomic E-state index is -3.09. The van der Waals surface area contributed by atoms with Crippen LogP contribution in [0.3, 0.4) is 0 Å². The van der Waals surface area contributed by atoms with Gasteiger partial charge in [0.1, 0.15) is 0 Å². The lowest BCUT2D eigenvalue weighted by atomic mass is 10.4. The van der Waals surface area contributed by atoms with Crippen LogP contribution in [0.1, 0.15) is 12.1 Å². The Bertz CT molecular complexity index is 408. The molecule has 1 aromatic heterocycles. The summed E-state index contributed by atoms with van der Waals surface area (Å²) in [6.45, 7) is 2.89. The molecule has 0 bridgehead atoms. The van der Waals surface area contributed by atoms with E-state index < -0.39 is 10.0 Å². The summed E-state index contributed by atoms with van der Waals surface area (Å²) in [5, 5.41) is 4.78. The van der Waals surface area contributed by atoms with Crippen molar-refractivity contribution in [3.05, 3.63) is 16.9 Å². The Morgan fingerprint density at radius 1 is 1.60 bits per heavy atom. The molecule has 1 N–H and O–H groups in total. The minimum absolute atomic E-state index is 0.412. The Labute approximate surface area is 94.5 Å². The van der Waals surface area contributed by atoms with Gasteiger partial charge >= 0.3 is 0 Å². The van der Waals surface area contributed by atoms with E-state index in [0.29, 0.717) is 24.5 Å². The Balaban J connectivity index is 2.32. The zero-order valence-electron chi connectivity index (χ0n) is 8.70. The number of halogens is 1. The van der Waals surface area contributed by atoms with E-state index in [1.807, 2.05) is 6.92 Å². The third-order valence-electron chi connectivity index (χ3n) is 1.81. The smallest absolute Gasteiger partial charge is 0.208 e. The molecule has 0 fully saturated rings. The fourth-order valence-corrected chi connectivity index (χ4v) is 1.77. The molecule has 0 saturated heterocycles. The molecular weight excluding hydrogens is 238 g/mol. The largest absolute Gasteiger partial charge is 0.271 e. The second-order valence-corrected chi connectivity index (χ2v) is 5.59. The molecule has 0 atom stereocenters. The molecule has 0 spiro atoms. The Kier molecular flexibility index (Phi) is 4.12. The van der Waals surface area contributed by atoms with Gasteiger partial charge in [0.05, 0.1) is 17.0 Å². The van der Waals surface area contributed by atoms with Crippen LogP contribution in [0.5, 0.6) is 0 Å². The van der Waals surface area contributed by atoms with Crippen LogP contribution in [0.2, 0.25) is 5.02 Å². The lowest BCUT2D eigenvalue weighted by Crippen LogP contribution is -2.23. The maximum Gasteiger partial charge on any atom is 0.208 e. The third-order valence-corrected chi connectivity index (χ3v) is 2.91. The topological polar surface area (TPSA) is 64.0 Å². The monoisotopic (exact) mass is 251 g/mol. The summed E-state index contributed by atoms with van der Waals surface area (Å²) in [4.78, 5) is 0. The van der Waals surface area contributed by atoms with E-state index in [0.717, 1.165) is 11.9 Å². The Morgan fingerprint density at radius 2 is 2.27 bits per heavy atom. The fraction of sp³-hybridized carbons (Fsp3) is 0.625. The number of nitrogens with zero attached hydrogens (tertiary/aromatic N) is 2. The van der Waals surface area contributed by atoms with Crippen molar-refractivity contribution in [2.45, 2.75) is 19.9 Å². The van der Waals surface area contributed by atoms with Crippen molar-refractivity contribution in [2.75, 3.05) is 12.8 Å². The number of hydrogen-bond donors (Lipinski definition) is 1. The lowest BCUT2D eigenvalue weighted by Gasteiger charge is -2.02. The summed E-state index contributed by atoms with van der Waals surface area (Å²) in [7, 11) is -3.09. The molecule has 0 aromatic carbocycles. The lowest BCUT2D eigenvalue weighted by molar-refractivity contribution is 0.554. The predicted octanol–water partition coefficient (Wildman–Crippen LogP) is 0.784. The van der Waals surface area contributed by atoms with Crippen molar-refractivity contribution < 1.29 is 8.42 Å². The fourth-order valence-electron chi connectivity index (χ4n) is 1.11. The van der Waals surface area contributed by atoms with E-state index >= 15 is 0 Å². The van der Waals surface area contributed by atoms with Crippen LogP contribution in [0.15, 0.2) is 6.20 Å². The van der Waals surface area contributed by atoms with Gasteiger partial charge in [-0.2, -0.15) is 5.10 Å². The number of aromatic nitrogens is 2. The first-order valence-electron chi connectivity index (χ1n) is 4.52. The first-order chi connectivity index (χ1) is 6.88. The molecule has 15 heavy (non-hydrogen) atoms. The van der Waals surface area contributed by atoms with Crippen LogP contribution in [0, 0.1) is 6.92 Å². The highest BCUT2D eigenvalue weighted by atomic mass is 35.5. The maximum atomic E-state index is 10.7. The van der Waals surface area contributed by atoms with Crippen molar-refractivity contribution in [1.82, 2.24) is 14.5 Å². The van der Waals surface area contributed by atoms with Crippen molar-refractivity contribution in [1.29, 1.82) is 0 Å². The highest BCUT2D eigenvalue weighted by Crippen LogP contribution is 2.11. The molecule has 1 heterocycles. The molecule has 86 valence electrons. The number of hydrogen-bond acceptors (Lipinski definition) is 3. The van der Waals surface area contributed by atoms with Crippen LogP contribution in [-0.4, -0.2) is 31.0 Å². The SMILES string of the molecule is Cc1nn(CCCNS(C)(=O)=O)cc1Cl. The summed E-state index contributed by atoms with van der Waals surface area (Å²) >= 11 is 5.82. The average Bonchev–Trinajstić information content (AvgIpc) is 2.39. The summed E-state index contributed by atoms with van der Waals surface area (Å²) in [6, 6.07) is 0. The predicted molar refractivity (Wildman–Crippen MR) is 59.4 cm³/mol. The molecule has 0 radical (unpaired) electrons. The second-order valence-electron chi connectivity index (χ2n) is 3.35. The molecule has 5 nitrogen and oxygen atoms in total. The normalized spacial score (nSPS) is 11.9. The van der Waals surface area contributed by atoms with E-state index in [2.05, 4.69) is 9.82 Å². The van der Waals surface area contributed by atoms with Crippen molar-refractivity contribution in [3.8, 4) is 0 Å². The maximum absolute atomic E-state index is 10.7. The van der Waals surface area contributed by atoms with Crippen molar-refractivity contribution >= 4 is 21.6 Å². The van der Waals surface area contributed by atoms with Gasteiger partial charge in [0.2, 0.25) is 10.0 Å². The van der Waals surface area contributed by atoms with E-state index in [1.54, 1.807) is 10.9 Å². The van der Waals surface area contributed by atoms with Gasteiger partial charge in [-0.15, -0.1) is 0 Å². The van der Waals surface area contributed by atoms with Crippen LogP contribution in [0.25, 0.3) is 0 Å². The Hall–Kier alpha value is -0.590. The van der Waals surface area contributed by atoms with Crippen molar-refractivity contribution in [2.24, 2.45) is 0 Å². The summed E-state index contributed by atoms with van der Waals surface area (Å²) in [5.41, 5.74) is 0.785. The Morgan fingerprint density at radius 3 is 2.73 bits per heavy atom. The van der Waals surface area contributed by atoms with Crippen LogP contribution in [-0.2, 0) is 16.6 Å². The second kappa shape index (κ2) is 4.96. The van der Waals surface area contributed by atoms with E-state index in [4.69, 9.17) is 11.6 Å². The summed E-state index contributed by atoms with van der Waals surface area (Å²) in [5.74, 6) is 0. The van der Waals surface area contributed by atoms with Gasteiger partial charge < -0.3 is 0 Å².